The number of aryl methyl sites for hydroxylation is 1. The van der Waals surface area contributed by atoms with Crippen molar-refractivity contribution in [2.24, 2.45) is 0 Å². The van der Waals surface area contributed by atoms with E-state index in [0.29, 0.717) is 6.54 Å². The number of rotatable bonds is 4. The smallest absolute Gasteiger partial charge is 0.239 e. The van der Waals surface area contributed by atoms with Crippen molar-refractivity contribution in [2.45, 2.75) is 52.1 Å². The molecule has 1 unspecified atom stereocenters. The number of hydrogen-bond acceptors (Lipinski definition) is 4. The van der Waals surface area contributed by atoms with Crippen LogP contribution >= 0.6 is 0 Å². The Kier molecular flexibility index (Phi) is 5.47. The number of aromatic nitrogens is 2. The first-order valence-corrected chi connectivity index (χ1v) is 7.47. The molecule has 0 aromatic carbocycles. The molecule has 1 aliphatic rings. The van der Waals surface area contributed by atoms with Crippen molar-refractivity contribution in [3.8, 4) is 0 Å². The highest BCUT2D eigenvalue weighted by molar-refractivity contribution is 5.81. The Balaban J connectivity index is 1.84. The minimum Gasteiger partial charge on any atom is -0.341 e. The van der Waals surface area contributed by atoms with Crippen LogP contribution in [0.5, 0.6) is 0 Å². The van der Waals surface area contributed by atoms with Crippen molar-refractivity contribution in [1.29, 1.82) is 0 Å². The summed E-state index contributed by atoms with van der Waals surface area (Å²) < 4.78 is 0. The molecule has 0 spiro atoms. The molecule has 1 amide bonds. The summed E-state index contributed by atoms with van der Waals surface area (Å²) >= 11 is 0. The van der Waals surface area contributed by atoms with Crippen molar-refractivity contribution in [1.82, 2.24) is 20.2 Å². The van der Waals surface area contributed by atoms with Gasteiger partial charge in [0.25, 0.3) is 0 Å². The van der Waals surface area contributed by atoms with Gasteiger partial charge in [0.15, 0.2) is 0 Å². The summed E-state index contributed by atoms with van der Waals surface area (Å²) in [5.41, 5.74) is 0.924. The summed E-state index contributed by atoms with van der Waals surface area (Å²) in [6.45, 7) is 6.20. The maximum absolute atomic E-state index is 12.4. The van der Waals surface area contributed by atoms with Crippen molar-refractivity contribution in [2.75, 3.05) is 13.1 Å². The van der Waals surface area contributed by atoms with Gasteiger partial charge in [-0.1, -0.05) is 12.8 Å². The van der Waals surface area contributed by atoms with E-state index in [1.165, 1.54) is 12.8 Å². The Hall–Kier alpha value is -1.49. The molecule has 0 radical (unpaired) electrons. The number of carbonyl (C=O) groups is 1. The summed E-state index contributed by atoms with van der Waals surface area (Å²) in [7, 11) is 0. The molecule has 1 aromatic rings. The number of hydrogen-bond donors (Lipinski definition) is 1. The van der Waals surface area contributed by atoms with Gasteiger partial charge in [-0.25, -0.2) is 9.97 Å². The SMILES string of the molecule is Cc1nccc(CNC(C)C(=O)N2CCCCCC2)n1. The normalized spacial score (nSPS) is 17.6. The van der Waals surface area contributed by atoms with Crippen molar-refractivity contribution in [3.63, 3.8) is 0 Å². The molecule has 0 bridgehead atoms. The van der Waals surface area contributed by atoms with Gasteiger partial charge in [0.1, 0.15) is 5.82 Å². The summed E-state index contributed by atoms with van der Waals surface area (Å²) in [4.78, 5) is 22.8. The van der Waals surface area contributed by atoms with Gasteiger partial charge < -0.3 is 10.2 Å². The molecule has 0 saturated carbocycles. The highest BCUT2D eigenvalue weighted by Gasteiger charge is 2.20. The number of amides is 1. The Morgan fingerprint density at radius 2 is 2.05 bits per heavy atom. The summed E-state index contributed by atoms with van der Waals surface area (Å²) in [5, 5.41) is 3.26. The summed E-state index contributed by atoms with van der Waals surface area (Å²) in [6, 6.07) is 1.71. The fourth-order valence-electron chi connectivity index (χ4n) is 2.51. The second-order valence-corrected chi connectivity index (χ2v) is 5.44. The van der Waals surface area contributed by atoms with E-state index in [1.54, 1.807) is 6.20 Å². The van der Waals surface area contributed by atoms with Crippen LogP contribution < -0.4 is 5.32 Å². The van der Waals surface area contributed by atoms with Gasteiger partial charge in [-0.3, -0.25) is 4.79 Å². The predicted octanol–water partition coefficient (Wildman–Crippen LogP) is 1.67. The Labute approximate surface area is 120 Å². The lowest BCUT2D eigenvalue weighted by Crippen LogP contribution is -2.45. The Bertz CT molecular complexity index is 441. The Morgan fingerprint density at radius 3 is 2.70 bits per heavy atom. The quantitative estimate of drug-likeness (QED) is 0.908. The molecule has 1 saturated heterocycles. The zero-order valence-corrected chi connectivity index (χ0v) is 12.4. The van der Waals surface area contributed by atoms with Crippen LogP contribution in [0.3, 0.4) is 0 Å². The molecule has 110 valence electrons. The summed E-state index contributed by atoms with van der Waals surface area (Å²) in [6.07, 6.45) is 6.49. The van der Waals surface area contributed by atoms with Gasteiger partial charge in [-0.2, -0.15) is 0 Å². The van der Waals surface area contributed by atoms with E-state index < -0.39 is 0 Å². The van der Waals surface area contributed by atoms with Gasteiger partial charge in [0.05, 0.1) is 11.7 Å². The first-order chi connectivity index (χ1) is 9.66. The zero-order chi connectivity index (χ0) is 14.4. The molecular weight excluding hydrogens is 252 g/mol. The van der Waals surface area contributed by atoms with E-state index in [9.17, 15) is 4.79 Å². The molecule has 2 rings (SSSR count). The molecule has 1 atom stereocenters. The number of likely N-dealkylation sites (tertiary alicyclic amines) is 1. The molecule has 1 N–H and O–H groups in total. The second kappa shape index (κ2) is 7.33. The average Bonchev–Trinajstić information content (AvgIpc) is 2.73. The van der Waals surface area contributed by atoms with Crippen LogP contribution in [-0.4, -0.2) is 39.9 Å². The fraction of sp³-hybridized carbons (Fsp3) is 0.667. The van der Waals surface area contributed by atoms with Crippen molar-refractivity contribution in [3.05, 3.63) is 23.8 Å². The molecular formula is C15H24N4O. The fourth-order valence-corrected chi connectivity index (χ4v) is 2.51. The number of carbonyl (C=O) groups excluding carboxylic acids is 1. The molecule has 0 aliphatic carbocycles. The molecule has 2 heterocycles. The monoisotopic (exact) mass is 276 g/mol. The van der Waals surface area contributed by atoms with Gasteiger partial charge in [-0.15, -0.1) is 0 Å². The van der Waals surface area contributed by atoms with Crippen molar-refractivity contribution >= 4 is 5.91 Å². The minimum atomic E-state index is -0.164. The first kappa shape index (κ1) is 14.9. The molecule has 1 aliphatic heterocycles. The Morgan fingerprint density at radius 1 is 1.35 bits per heavy atom. The number of nitrogens with zero attached hydrogens (tertiary/aromatic N) is 3. The minimum absolute atomic E-state index is 0.164. The lowest BCUT2D eigenvalue weighted by atomic mass is 10.2. The molecule has 20 heavy (non-hydrogen) atoms. The van der Waals surface area contributed by atoms with Gasteiger partial charge in [-0.05, 0) is 32.8 Å². The summed E-state index contributed by atoms with van der Waals surface area (Å²) in [5.74, 6) is 0.966. The number of nitrogens with one attached hydrogen (secondary N) is 1. The van der Waals surface area contributed by atoms with E-state index in [-0.39, 0.29) is 11.9 Å². The van der Waals surface area contributed by atoms with Gasteiger partial charge in [0, 0.05) is 25.8 Å². The zero-order valence-electron chi connectivity index (χ0n) is 12.4. The standard InChI is InChI=1S/C15H24N4O/c1-12(15(20)19-9-5-3-4-6-10-19)17-11-14-7-8-16-13(2)18-14/h7-8,12,17H,3-6,9-11H2,1-2H3. The molecule has 1 aromatic heterocycles. The predicted molar refractivity (Wildman–Crippen MR) is 78.1 cm³/mol. The van der Waals surface area contributed by atoms with Crippen molar-refractivity contribution < 1.29 is 4.79 Å². The van der Waals surface area contributed by atoms with Crippen LogP contribution in [0, 0.1) is 6.92 Å². The highest BCUT2D eigenvalue weighted by atomic mass is 16.2. The van der Waals surface area contributed by atoms with Gasteiger partial charge in [0.2, 0.25) is 5.91 Å². The molecule has 1 fully saturated rings. The van der Waals surface area contributed by atoms with E-state index in [4.69, 9.17) is 0 Å². The average molecular weight is 276 g/mol. The van der Waals surface area contributed by atoms with Crippen LogP contribution in [0.15, 0.2) is 12.3 Å². The third-order valence-corrected chi connectivity index (χ3v) is 3.71. The van der Waals surface area contributed by atoms with Gasteiger partial charge >= 0.3 is 0 Å². The third-order valence-electron chi connectivity index (χ3n) is 3.71. The van der Waals surface area contributed by atoms with Crippen LogP contribution in [0.25, 0.3) is 0 Å². The highest BCUT2D eigenvalue weighted by Crippen LogP contribution is 2.10. The van der Waals surface area contributed by atoms with Crippen LogP contribution in [-0.2, 0) is 11.3 Å². The van der Waals surface area contributed by atoms with E-state index >= 15 is 0 Å². The molecule has 5 heteroatoms. The van der Waals surface area contributed by atoms with Crippen LogP contribution in [0.4, 0.5) is 0 Å². The van der Waals surface area contributed by atoms with E-state index in [2.05, 4.69) is 15.3 Å². The van der Waals surface area contributed by atoms with E-state index in [0.717, 1.165) is 37.4 Å². The molecule has 5 nitrogen and oxygen atoms in total. The third kappa shape index (κ3) is 4.27. The first-order valence-electron chi connectivity index (χ1n) is 7.47. The lowest BCUT2D eigenvalue weighted by Gasteiger charge is -2.24. The van der Waals surface area contributed by atoms with E-state index in [1.807, 2.05) is 24.8 Å². The largest absolute Gasteiger partial charge is 0.341 e. The maximum atomic E-state index is 12.4. The maximum Gasteiger partial charge on any atom is 0.239 e. The topological polar surface area (TPSA) is 58.1 Å². The van der Waals surface area contributed by atoms with Crippen LogP contribution in [0.1, 0.15) is 44.1 Å². The lowest BCUT2D eigenvalue weighted by molar-refractivity contribution is -0.133. The second-order valence-electron chi connectivity index (χ2n) is 5.44. The van der Waals surface area contributed by atoms with Crippen LogP contribution in [0.2, 0.25) is 0 Å².